The predicted octanol–water partition coefficient (Wildman–Crippen LogP) is 0.879. The van der Waals surface area contributed by atoms with Gasteiger partial charge in [0.25, 0.3) is 0 Å². The van der Waals surface area contributed by atoms with Crippen LogP contribution in [0.15, 0.2) is 30.5 Å². The number of aliphatic hydroxyl groups excluding tert-OH is 1. The lowest BCUT2D eigenvalue weighted by Crippen LogP contribution is -2.90. The van der Waals surface area contributed by atoms with Crippen molar-refractivity contribution in [3.8, 4) is 5.75 Å². The summed E-state index contributed by atoms with van der Waals surface area (Å²) < 4.78 is 5.68. The van der Waals surface area contributed by atoms with Crippen molar-refractivity contribution in [1.82, 2.24) is 4.98 Å². The van der Waals surface area contributed by atoms with E-state index in [1.807, 2.05) is 30.5 Å². The highest BCUT2D eigenvalue weighted by Crippen LogP contribution is 2.24. The van der Waals surface area contributed by atoms with Crippen LogP contribution in [0.3, 0.4) is 0 Å². The van der Waals surface area contributed by atoms with Crippen LogP contribution in [0, 0.1) is 0 Å². The first-order valence-electron chi connectivity index (χ1n) is 6.37. The molecule has 0 spiro atoms. The first kappa shape index (κ1) is 12.9. The maximum atomic E-state index is 9.82. The molecule has 4 heteroatoms. The van der Waals surface area contributed by atoms with Crippen LogP contribution in [-0.2, 0) is 0 Å². The zero-order valence-electron chi connectivity index (χ0n) is 10.9. The van der Waals surface area contributed by atoms with Crippen molar-refractivity contribution >= 4 is 10.9 Å². The van der Waals surface area contributed by atoms with Gasteiger partial charge in [-0.1, -0.05) is 6.07 Å². The second-order valence-corrected chi connectivity index (χ2v) is 4.88. The molecule has 1 heterocycles. The monoisotopic (exact) mass is 249 g/mol. The molecule has 98 valence electrons. The predicted molar refractivity (Wildman–Crippen MR) is 71.7 cm³/mol. The molecule has 0 aliphatic carbocycles. The van der Waals surface area contributed by atoms with Crippen LogP contribution >= 0.6 is 0 Å². The minimum Gasteiger partial charge on any atom is -0.490 e. The Labute approximate surface area is 107 Å². The van der Waals surface area contributed by atoms with Gasteiger partial charge in [0.1, 0.15) is 25.0 Å². The van der Waals surface area contributed by atoms with E-state index in [0.29, 0.717) is 19.2 Å². The summed E-state index contributed by atoms with van der Waals surface area (Å²) in [6.45, 7) is 5.20. The fraction of sp³-hybridized carbons (Fsp3) is 0.429. The number of hydrogen-bond acceptors (Lipinski definition) is 2. The van der Waals surface area contributed by atoms with E-state index < -0.39 is 6.10 Å². The number of aromatic nitrogens is 1. The molecule has 1 aromatic carbocycles. The van der Waals surface area contributed by atoms with Crippen molar-refractivity contribution in [3.05, 3.63) is 30.5 Å². The van der Waals surface area contributed by atoms with E-state index in [1.54, 1.807) is 0 Å². The summed E-state index contributed by atoms with van der Waals surface area (Å²) in [6.07, 6.45) is 1.45. The number of nitrogens with one attached hydrogen (secondary N) is 1. The molecule has 0 saturated carbocycles. The molecule has 0 amide bonds. The van der Waals surface area contributed by atoms with Crippen molar-refractivity contribution in [1.29, 1.82) is 0 Å². The van der Waals surface area contributed by atoms with Gasteiger partial charge in [0, 0.05) is 17.1 Å². The smallest absolute Gasteiger partial charge is 0.137 e. The number of H-pyrrole nitrogens is 1. The third-order valence-corrected chi connectivity index (χ3v) is 2.87. The van der Waals surface area contributed by atoms with Gasteiger partial charge in [0.2, 0.25) is 0 Å². The Hall–Kier alpha value is -1.52. The average molecular weight is 249 g/mol. The van der Waals surface area contributed by atoms with Gasteiger partial charge in [-0.2, -0.15) is 0 Å². The van der Waals surface area contributed by atoms with Crippen LogP contribution in [0.25, 0.3) is 10.9 Å². The van der Waals surface area contributed by atoms with Crippen LogP contribution in [0.4, 0.5) is 0 Å². The van der Waals surface area contributed by atoms with Crippen LogP contribution in [0.1, 0.15) is 13.8 Å². The summed E-state index contributed by atoms with van der Waals surface area (Å²) in [5.41, 5.74) is 1.05. The summed E-state index contributed by atoms with van der Waals surface area (Å²) in [5, 5.41) is 13.0. The largest absolute Gasteiger partial charge is 0.490 e. The lowest BCUT2D eigenvalue weighted by Gasteiger charge is -2.13. The van der Waals surface area contributed by atoms with Crippen molar-refractivity contribution in [2.75, 3.05) is 13.2 Å². The Bertz CT molecular complexity index is 493. The molecule has 0 saturated heterocycles. The zero-order valence-corrected chi connectivity index (χ0v) is 10.9. The molecule has 1 atom stereocenters. The van der Waals surface area contributed by atoms with Gasteiger partial charge in [-0.3, -0.25) is 0 Å². The number of benzene rings is 1. The molecule has 0 unspecified atom stereocenters. The second kappa shape index (κ2) is 5.89. The third kappa shape index (κ3) is 3.24. The Morgan fingerprint density at radius 2 is 2.17 bits per heavy atom. The summed E-state index contributed by atoms with van der Waals surface area (Å²) in [7, 11) is 0. The third-order valence-electron chi connectivity index (χ3n) is 2.87. The lowest BCUT2D eigenvalue weighted by atomic mass is 10.2. The zero-order chi connectivity index (χ0) is 13.0. The molecule has 4 N–H and O–H groups in total. The number of fused-ring (bicyclic) bond motifs is 1. The van der Waals surface area contributed by atoms with Crippen LogP contribution in [0.5, 0.6) is 5.75 Å². The van der Waals surface area contributed by atoms with Gasteiger partial charge in [0.15, 0.2) is 0 Å². The Morgan fingerprint density at radius 3 is 2.94 bits per heavy atom. The molecule has 2 aromatic rings. The van der Waals surface area contributed by atoms with Crippen LogP contribution in [0.2, 0.25) is 0 Å². The van der Waals surface area contributed by atoms with E-state index in [2.05, 4.69) is 24.1 Å². The summed E-state index contributed by atoms with van der Waals surface area (Å²) >= 11 is 0. The number of ether oxygens (including phenoxy) is 1. The molecule has 0 bridgehead atoms. The first-order chi connectivity index (χ1) is 8.66. The Kier molecular flexibility index (Phi) is 4.23. The Balaban J connectivity index is 1.91. The first-order valence-corrected chi connectivity index (χ1v) is 6.37. The topological polar surface area (TPSA) is 61.9 Å². The summed E-state index contributed by atoms with van der Waals surface area (Å²) in [5.74, 6) is 0.817. The fourth-order valence-electron chi connectivity index (χ4n) is 1.87. The average Bonchev–Trinajstić information content (AvgIpc) is 2.82. The van der Waals surface area contributed by atoms with E-state index in [9.17, 15) is 5.11 Å². The highest BCUT2D eigenvalue weighted by atomic mass is 16.5. The normalized spacial score (nSPS) is 13.1. The van der Waals surface area contributed by atoms with E-state index in [1.165, 1.54) is 0 Å². The molecule has 0 aliphatic heterocycles. The van der Waals surface area contributed by atoms with E-state index in [0.717, 1.165) is 16.7 Å². The second-order valence-electron chi connectivity index (χ2n) is 4.88. The van der Waals surface area contributed by atoms with Gasteiger partial charge in [-0.15, -0.1) is 0 Å². The highest BCUT2D eigenvalue weighted by molar-refractivity contribution is 5.85. The number of hydrogen-bond donors (Lipinski definition) is 3. The minimum absolute atomic E-state index is 0.327. The fourth-order valence-corrected chi connectivity index (χ4v) is 1.87. The molecule has 4 nitrogen and oxygen atoms in total. The maximum Gasteiger partial charge on any atom is 0.137 e. The van der Waals surface area contributed by atoms with Gasteiger partial charge in [-0.25, -0.2) is 0 Å². The van der Waals surface area contributed by atoms with Crippen molar-refractivity contribution in [3.63, 3.8) is 0 Å². The van der Waals surface area contributed by atoms with Crippen molar-refractivity contribution < 1.29 is 15.2 Å². The van der Waals surface area contributed by atoms with Gasteiger partial charge in [-0.05, 0) is 32.0 Å². The molecule has 0 aliphatic rings. The number of nitrogens with two attached hydrogens (primary N) is 1. The summed E-state index contributed by atoms with van der Waals surface area (Å²) in [6, 6.07) is 8.35. The van der Waals surface area contributed by atoms with Crippen LogP contribution in [-0.4, -0.2) is 35.4 Å². The SMILES string of the molecule is CC(C)[NH2+]C[C@H](O)COc1cccc2[nH]ccc12. The Morgan fingerprint density at radius 1 is 1.33 bits per heavy atom. The van der Waals surface area contributed by atoms with E-state index in [4.69, 9.17) is 4.74 Å². The molecule has 18 heavy (non-hydrogen) atoms. The standard InChI is InChI=1S/C14H20N2O2/c1-10(2)16-8-11(17)9-18-14-5-3-4-13-12(14)6-7-15-13/h3-7,10-11,15-17H,8-9H2,1-2H3/p+1/t11-/m0/s1. The molecular formula is C14H21N2O2+. The molecule has 2 rings (SSSR count). The van der Waals surface area contributed by atoms with Gasteiger partial charge >= 0.3 is 0 Å². The van der Waals surface area contributed by atoms with Crippen LogP contribution < -0.4 is 10.1 Å². The van der Waals surface area contributed by atoms with Gasteiger partial charge < -0.3 is 20.1 Å². The quantitative estimate of drug-likeness (QED) is 0.711. The molecule has 0 radical (unpaired) electrons. The maximum absolute atomic E-state index is 9.82. The van der Waals surface area contributed by atoms with Crippen molar-refractivity contribution in [2.45, 2.75) is 26.0 Å². The highest BCUT2D eigenvalue weighted by Gasteiger charge is 2.10. The lowest BCUT2D eigenvalue weighted by molar-refractivity contribution is -0.688. The number of quaternary nitrogens is 1. The van der Waals surface area contributed by atoms with E-state index in [-0.39, 0.29) is 0 Å². The van der Waals surface area contributed by atoms with Crippen molar-refractivity contribution in [2.24, 2.45) is 0 Å². The number of aromatic amines is 1. The molecule has 0 fully saturated rings. The van der Waals surface area contributed by atoms with E-state index >= 15 is 0 Å². The molecule has 1 aromatic heterocycles. The number of aliphatic hydroxyl groups is 1. The van der Waals surface area contributed by atoms with Gasteiger partial charge in [0.05, 0.1) is 6.04 Å². The number of rotatable bonds is 6. The molecular weight excluding hydrogens is 228 g/mol. The summed E-state index contributed by atoms with van der Waals surface area (Å²) in [4.78, 5) is 3.14. The minimum atomic E-state index is -0.443.